The summed E-state index contributed by atoms with van der Waals surface area (Å²) in [5.41, 5.74) is -0.352. The van der Waals surface area contributed by atoms with Gasteiger partial charge in [0.25, 0.3) is 0 Å². The van der Waals surface area contributed by atoms with Gasteiger partial charge in [0.05, 0.1) is 18.8 Å². The number of amides is 1. The average Bonchev–Trinajstić information content (AvgIpc) is 3.40. The highest BCUT2D eigenvalue weighted by Gasteiger charge is 2.41. The largest absolute Gasteiger partial charge is 0.487 e. The molecule has 0 saturated carbocycles. The summed E-state index contributed by atoms with van der Waals surface area (Å²) >= 11 is 1.43. The van der Waals surface area contributed by atoms with E-state index in [0.29, 0.717) is 60.8 Å². The molecule has 1 saturated heterocycles. The minimum absolute atomic E-state index is 0.297. The number of benzene rings is 1. The highest BCUT2D eigenvalue weighted by atomic mass is 32.2. The predicted molar refractivity (Wildman–Crippen MR) is 115 cm³/mol. The van der Waals surface area contributed by atoms with Crippen LogP contribution in [0.2, 0.25) is 0 Å². The number of rotatable bonds is 8. The van der Waals surface area contributed by atoms with Crippen molar-refractivity contribution in [2.75, 3.05) is 45.8 Å². The third-order valence-electron chi connectivity index (χ3n) is 4.86. The third-order valence-corrected chi connectivity index (χ3v) is 6.15. The molecular weight excluding hydrogens is 408 g/mol. The molecule has 9 heteroatoms. The van der Waals surface area contributed by atoms with E-state index in [-0.39, 0.29) is 5.97 Å². The van der Waals surface area contributed by atoms with Crippen molar-refractivity contribution in [2.45, 2.75) is 32.2 Å². The highest BCUT2D eigenvalue weighted by Crippen LogP contribution is 2.39. The first-order valence-electron chi connectivity index (χ1n) is 10.1. The van der Waals surface area contributed by atoms with Gasteiger partial charge in [0.2, 0.25) is 0 Å². The van der Waals surface area contributed by atoms with E-state index in [1.807, 2.05) is 12.1 Å². The molecule has 0 radical (unpaired) electrons. The van der Waals surface area contributed by atoms with E-state index in [1.165, 1.54) is 11.8 Å². The zero-order valence-electron chi connectivity index (χ0n) is 17.6. The monoisotopic (exact) mass is 436 g/mol. The minimum Gasteiger partial charge on any atom is -0.487 e. The van der Waals surface area contributed by atoms with Gasteiger partial charge in [-0.05, 0) is 38.8 Å². The van der Waals surface area contributed by atoms with Crippen LogP contribution in [-0.2, 0) is 14.3 Å². The third kappa shape index (κ3) is 5.07. The number of hydrogen-bond donors (Lipinski definition) is 0. The topological polar surface area (TPSA) is 86.7 Å². The van der Waals surface area contributed by atoms with Crippen molar-refractivity contribution in [3.8, 4) is 11.5 Å². The molecule has 3 rings (SSSR count). The molecule has 1 atom stereocenters. The number of nitrogens with zero attached hydrogens (tertiary/aromatic N) is 2. The van der Waals surface area contributed by atoms with Crippen LogP contribution in [-0.4, -0.2) is 73.3 Å². The number of ether oxygens (including phenoxy) is 4. The molecule has 8 nitrogen and oxygen atoms in total. The first-order chi connectivity index (χ1) is 14.5. The Bertz CT molecular complexity index is 809. The molecule has 0 unspecified atom stereocenters. The van der Waals surface area contributed by atoms with E-state index in [9.17, 15) is 9.59 Å². The standard InChI is InChI=1S/C21H28N2O6S/c1-4-27-19(24)21(2)14-30-18(22-21)15-8-7-9-16(28-13-12-26-3)17(15)29-20(25)23-10-5-6-11-23/h7-9H,4-6,10-14H2,1-3H3/t21-/m1/s1. The fourth-order valence-corrected chi connectivity index (χ4v) is 4.40. The first kappa shape index (κ1) is 22.4. The van der Waals surface area contributed by atoms with Crippen LogP contribution >= 0.6 is 11.8 Å². The lowest BCUT2D eigenvalue weighted by atomic mass is 10.1. The number of methoxy groups -OCH3 is 1. The van der Waals surface area contributed by atoms with E-state index in [0.717, 1.165) is 12.8 Å². The van der Waals surface area contributed by atoms with Gasteiger partial charge >= 0.3 is 12.1 Å². The number of hydrogen-bond acceptors (Lipinski definition) is 8. The quantitative estimate of drug-likeness (QED) is 0.457. The second kappa shape index (κ2) is 10.2. The van der Waals surface area contributed by atoms with E-state index >= 15 is 0 Å². The molecule has 2 aliphatic heterocycles. The van der Waals surface area contributed by atoms with Gasteiger partial charge in [-0.15, -0.1) is 11.8 Å². The Morgan fingerprint density at radius 3 is 2.70 bits per heavy atom. The molecule has 0 bridgehead atoms. The van der Waals surface area contributed by atoms with Crippen LogP contribution in [0.15, 0.2) is 23.2 Å². The second-order valence-electron chi connectivity index (χ2n) is 7.24. The number of thioether (sulfide) groups is 1. The smallest absolute Gasteiger partial charge is 0.415 e. The van der Waals surface area contributed by atoms with Crippen LogP contribution in [0.3, 0.4) is 0 Å². The maximum atomic E-state index is 12.7. The molecule has 2 heterocycles. The van der Waals surface area contributed by atoms with E-state index in [2.05, 4.69) is 4.99 Å². The summed E-state index contributed by atoms with van der Waals surface area (Å²) in [6.07, 6.45) is 1.52. The summed E-state index contributed by atoms with van der Waals surface area (Å²) in [4.78, 5) is 31.4. The number of aliphatic imine (C=N–C) groups is 1. The summed E-state index contributed by atoms with van der Waals surface area (Å²) in [5, 5.41) is 0.618. The average molecular weight is 437 g/mol. The molecule has 1 fully saturated rings. The van der Waals surface area contributed by atoms with Crippen molar-refractivity contribution in [3.63, 3.8) is 0 Å². The Hall–Kier alpha value is -2.26. The van der Waals surface area contributed by atoms with Crippen molar-refractivity contribution < 1.29 is 28.5 Å². The summed E-state index contributed by atoms with van der Waals surface area (Å²) in [6.45, 7) is 5.89. The van der Waals surface area contributed by atoms with Crippen LogP contribution in [0.25, 0.3) is 0 Å². The van der Waals surface area contributed by atoms with Gasteiger partial charge in [-0.1, -0.05) is 6.07 Å². The number of carbonyl (C=O) groups is 2. The highest BCUT2D eigenvalue weighted by molar-refractivity contribution is 8.14. The molecular formula is C21H28N2O6S. The van der Waals surface area contributed by atoms with Gasteiger partial charge in [0.15, 0.2) is 17.0 Å². The summed E-state index contributed by atoms with van der Waals surface area (Å²) in [7, 11) is 1.59. The molecule has 164 valence electrons. The van der Waals surface area contributed by atoms with Gasteiger partial charge in [0, 0.05) is 26.0 Å². The number of esters is 1. The summed E-state index contributed by atoms with van der Waals surface area (Å²) < 4.78 is 21.8. The van der Waals surface area contributed by atoms with Crippen molar-refractivity contribution in [1.82, 2.24) is 4.90 Å². The van der Waals surface area contributed by atoms with Crippen molar-refractivity contribution in [2.24, 2.45) is 4.99 Å². The molecule has 0 N–H and O–H groups in total. The molecule has 1 amide bonds. The number of carbonyl (C=O) groups excluding carboxylic acids is 2. The Kier molecular flexibility index (Phi) is 7.60. The number of para-hydroxylation sites is 1. The van der Waals surface area contributed by atoms with Crippen LogP contribution in [0.1, 0.15) is 32.3 Å². The van der Waals surface area contributed by atoms with Gasteiger partial charge in [-0.2, -0.15) is 0 Å². The normalized spacial score (nSPS) is 20.8. The molecule has 2 aliphatic rings. The second-order valence-corrected chi connectivity index (χ2v) is 8.20. The molecule has 0 aliphatic carbocycles. The Balaban J connectivity index is 1.91. The molecule has 30 heavy (non-hydrogen) atoms. The lowest BCUT2D eigenvalue weighted by Crippen LogP contribution is -2.35. The van der Waals surface area contributed by atoms with Crippen molar-refractivity contribution in [1.29, 1.82) is 0 Å². The molecule has 1 aromatic carbocycles. The Labute approximate surface area is 180 Å². The van der Waals surface area contributed by atoms with Crippen LogP contribution in [0.4, 0.5) is 4.79 Å². The SMILES string of the molecule is CCOC(=O)[C@@]1(C)CSC(c2cccc(OCCOC)c2OC(=O)N2CCCC2)=N1. The zero-order valence-corrected chi connectivity index (χ0v) is 18.5. The molecule has 0 aromatic heterocycles. The van der Waals surface area contributed by atoms with E-state index in [4.69, 9.17) is 18.9 Å². The Morgan fingerprint density at radius 1 is 1.23 bits per heavy atom. The van der Waals surface area contributed by atoms with Crippen LogP contribution < -0.4 is 9.47 Å². The maximum absolute atomic E-state index is 12.7. The van der Waals surface area contributed by atoms with Gasteiger partial charge in [-0.25, -0.2) is 9.59 Å². The minimum atomic E-state index is -0.973. The summed E-state index contributed by atoms with van der Waals surface area (Å²) in [5.74, 6) is 0.834. The zero-order chi connectivity index (χ0) is 21.6. The van der Waals surface area contributed by atoms with Crippen molar-refractivity contribution in [3.05, 3.63) is 23.8 Å². The lowest BCUT2D eigenvalue weighted by Gasteiger charge is -2.19. The molecule has 0 spiro atoms. The van der Waals surface area contributed by atoms with Gasteiger partial charge in [0.1, 0.15) is 11.7 Å². The molecule has 1 aromatic rings. The Morgan fingerprint density at radius 2 is 2.00 bits per heavy atom. The predicted octanol–water partition coefficient (Wildman–Crippen LogP) is 3.12. The van der Waals surface area contributed by atoms with E-state index < -0.39 is 11.6 Å². The maximum Gasteiger partial charge on any atom is 0.415 e. The van der Waals surface area contributed by atoms with Crippen LogP contribution in [0, 0.1) is 0 Å². The van der Waals surface area contributed by atoms with Gasteiger partial charge in [-0.3, -0.25) is 4.99 Å². The fraction of sp³-hybridized carbons (Fsp3) is 0.571. The van der Waals surface area contributed by atoms with Crippen molar-refractivity contribution >= 4 is 28.9 Å². The van der Waals surface area contributed by atoms with Gasteiger partial charge < -0.3 is 23.8 Å². The lowest BCUT2D eigenvalue weighted by molar-refractivity contribution is -0.147. The fourth-order valence-electron chi connectivity index (χ4n) is 3.22. The first-order valence-corrected chi connectivity index (χ1v) is 11.1. The van der Waals surface area contributed by atoms with E-state index in [1.54, 1.807) is 31.9 Å². The number of likely N-dealkylation sites (tertiary alicyclic amines) is 1. The van der Waals surface area contributed by atoms with Crippen LogP contribution in [0.5, 0.6) is 11.5 Å². The summed E-state index contributed by atoms with van der Waals surface area (Å²) in [6, 6.07) is 5.38.